The zero-order valence-electron chi connectivity index (χ0n) is 19.9. The molecule has 4 atom stereocenters. The molecule has 4 N–H and O–H groups in total. The van der Waals surface area contributed by atoms with Gasteiger partial charge in [0.1, 0.15) is 11.5 Å². The number of pyridine rings is 1. The molecule has 4 aliphatic heterocycles. The number of ether oxygens (including phenoxy) is 1. The minimum atomic E-state index is -1.65. The van der Waals surface area contributed by atoms with Crippen molar-refractivity contribution in [1.29, 1.82) is 0 Å². The Kier molecular flexibility index (Phi) is 6.09. The predicted molar refractivity (Wildman–Crippen MR) is 130 cm³/mol. The molecule has 0 bridgehead atoms. The summed E-state index contributed by atoms with van der Waals surface area (Å²) in [4.78, 5) is 25.2. The summed E-state index contributed by atoms with van der Waals surface area (Å²) >= 11 is 0. The smallest absolute Gasteiger partial charge is 0.449 e. The highest BCUT2D eigenvalue weighted by molar-refractivity contribution is 5.86. The first-order chi connectivity index (χ1) is 17.4. The van der Waals surface area contributed by atoms with Crippen molar-refractivity contribution in [3.8, 4) is 5.75 Å². The van der Waals surface area contributed by atoms with Crippen LogP contribution in [-0.2, 0) is 0 Å². The van der Waals surface area contributed by atoms with E-state index in [1.165, 1.54) is 36.8 Å². The fourth-order valence-electron chi connectivity index (χ4n) is 6.26. The van der Waals surface area contributed by atoms with Crippen molar-refractivity contribution in [2.24, 2.45) is 11.8 Å². The van der Waals surface area contributed by atoms with Crippen LogP contribution in [0, 0.1) is 23.5 Å². The third-order valence-electron chi connectivity index (χ3n) is 8.23. The topological polar surface area (TPSA) is 108 Å². The average Bonchev–Trinajstić information content (AvgIpc) is 3.15. The van der Waals surface area contributed by atoms with E-state index in [-0.39, 0.29) is 28.7 Å². The van der Waals surface area contributed by atoms with E-state index in [2.05, 4.69) is 20.7 Å². The van der Waals surface area contributed by atoms with Crippen LogP contribution in [0.4, 0.5) is 19.3 Å². The van der Waals surface area contributed by atoms with E-state index >= 15 is 4.39 Å². The Balaban J connectivity index is 0.000000253. The fourth-order valence-corrected chi connectivity index (χ4v) is 6.26. The molecule has 11 heteroatoms. The van der Waals surface area contributed by atoms with Gasteiger partial charge in [0.05, 0.1) is 17.1 Å². The maximum atomic E-state index is 15.6. The lowest BCUT2D eigenvalue weighted by Crippen LogP contribution is -2.31. The van der Waals surface area contributed by atoms with Gasteiger partial charge in [-0.05, 0) is 63.2 Å². The molecule has 7 rings (SSSR count). The molecule has 194 valence electrons. The Hall–Kier alpha value is -2.76. The Morgan fingerprint density at radius 1 is 1.03 bits per heavy atom. The number of benzene rings is 1. The number of carbonyl (C=O) groups is 1. The zero-order chi connectivity index (χ0) is 25.0. The lowest BCUT2D eigenvalue weighted by molar-refractivity contribution is 0.143. The summed E-state index contributed by atoms with van der Waals surface area (Å²) in [5.41, 5.74) is -0.949. The summed E-state index contributed by atoms with van der Waals surface area (Å²) in [5.74, 6) is -0.738. The van der Waals surface area contributed by atoms with Crippen LogP contribution in [0.1, 0.15) is 31.7 Å². The number of rotatable bonds is 3. The Bertz CT molecular complexity index is 1220. The molecule has 1 aliphatic carbocycles. The highest BCUT2D eigenvalue weighted by atomic mass is 19.1. The van der Waals surface area contributed by atoms with Crippen LogP contribution in [0.3, 0.4) is 0 Å². The van der Waals surface area contributed by atoms with Crippen LogP contribution in [0.15, 0.2) is 17.1 Å². The summed E-state index contributed by atoms with van der Waals surface area (Å²) in [6, 6.07) is 1.97. The van der Waals surface area contributed by atoms with Crippen LogP contribution in [0.25, 0.3) is 10.9 Å². The largest absolute Gasteiger partial charge is 0.511 e. The second-order valence-corrected chi connectivity index (χ2v) is 10.5. The van der Waals surface area contributed by atoms with Crippen molar-refractivity contribution in [2.45, 2.75) is 43.8 Å². The predicted octanol–water partition coefficient (Wildman–Crippen LogP) is 2.04. The molecule has 0 radical (unpaired) electrons. The maximum Gasteiger partial charge on any atom is 0.511 e. The van der Waals surface area contributed by atoms with E-state index in [1.807, 2.05) is 0 Å². The molecule has 0 amide bonds. The number of hydrogen-bond donors (Lipinski definition) is 4. The fraction of sp³-hybridized carbons (Fsp3) is 0.600. The van der Waals surface area contributed by atoms with E-state index in [1.54, 1.807) is 4.90 Å². The summed E-state index contributed by atoms with van der Waals surface area (Å²) in [6.07, 6.45) is 3.48. The van der Waals surface area contributed by atoms with Gasteiger partial charge in [-0.25, -0.2) is 13.6 Å². The molecule has 4 unspecified atom stereocenters. The standard InChI is InChI=1S/C19H19F2N3O4.C6H12N2/c20-12-5-11-16(15(21)17(12)23-6-9-3-4-22-13(9)7-23)24(10-1-2-10)8-14(18(11)25)28-19(26)27;1-2-8-6-4-7-3-5(1)6/h5,8-10,13,22H,1-4,6-7H2,(H,26,27);5-8H,1-4H2. The van der Waals surface area contributed by atoms with Gasteiger partial charge in [0.15, 0.2) is 11.6 Å². The Labute approximate surface area is 206 Å². The molecule has 5 heterocycles. The van der Waals surface area contributed by atoms with Gasteiger partial charge in [-0.2, -0.15) is 0 Å². The highest BCUT2D eigenvalue weighted by Gasteiger charge is 2.39. The van der Waals surface area contributed by atoms with Crippen molar-refractivity contribution in [3.63, 3.8) is 0 Å². The van der Waals surface area contributed by atoms with Crippen molar-refractivity contribution < 1.29 is 23.4 Å². The molecular weight excluding hydrogens is 472 g/mol. The first kappa shape index (κ1) is 23.6. The van der Waals surface area contributed by atoms with Crippen LogP contribution >= 0.6 is 0 Å². The van der Waals surface area contributed by atoms with E-state index in [9.17, 15) is 14.0 Å². The van der Waals surface area contributed by atoms with Gasteiger partial charge in [0.2, 0.25) is 5.43 Å². The average molecular weight is 504 g/mol. The normalized spacial score (nSPS) is 28.7. The molecule has 36 heavy (non-hydrogen) atoms. The highest BCUT2D eigenvalue weighted by Crippen LogP contribution is 2.41. The number of anilines is 1. The van der Waals surface area contributed by atoms with Crippen LogP contribution in [0.5, 0.6) is 5.75 Å². The Morgan fingerprint density at radius 2 is 1.78 bits per heavy atom. The van der Waals surface area contributed by atoms with Crippen LogP contribution in [0.2, 0.25) is 0 Å². The molecule has 0 spiro atoms. The molecule has 2 aromatic rings. The summed E-state index contributed by atoms with van der Waals surface area (Å²) in [7, 11) is 0. The first-order valence-corrected chi connectivity index (χ1v) is 12.8. The minimum Gasteiger partial charge on any atom is -0.449 e. The van der Waals surface area contributed by atoms with Crippen molar-refractivity contribution >= 4 is 22.7 Å². The summed E-state index contributed by atoms with van der Waals surface area (Å²) in [6.45, 7) is 5.68. The number of nitrogens with zero attached hydrogens (tertiary/aromatic N) is 2. The zero-order valence-corrected chi connectivity index (χ0v) is 19.9. The number of aromatic nitrogens is 1. The monoisotopic (exact) mass is 503 g/mol. The number of hydrogen-bond acceptors (Lipinski definition) is 7. The van der Waals surface area contributed by atoms with Crippen molar-refractivity contribution in [2.75, 3.05) is 44.2 Å². The second kappa shape index (κ2) is 9.28. The van der Waals surface area contributed by atoms with Crippen LogP contribution in [-0.4, -0.2) is 67.2 Å². The van der Waals surface area contributed by atoms with Gasteiger partial charge in [0, 0.05) is 37.8 Å². The maximum absolute atomic E-state index is 15.6. The number of fused-ring (bicyclic) bond motifs is 3. The summed E-state index contributed by atoms with van der Waals surface area (Å²) < 4.78 is 36.6. The van der Waals surface area contributed by atoms with Crippen molar-refractivity contribution in [3.05, 3.63) is 34.1 Å². The minimum absolute atomic E-state index is 0.00616. The molecule has 5 aliphatic rings. The molecule has 4 saturated heterocycles. The molecular formula is C25H31F2N5O4. The number of halogens is 2. The van der Waals surface area contributed by atoms with Gasteiger partial charge < -0.3 is 35.3 Å². The third kappa shape index (κ3) is 4.22. The van der Waals surface area contributed by atoms with Gasteiger partial charge in [-0.15, -0.1) is 0 Å². The van der Waals surface area contributed by atoms with Gasteiger partial charge in [0.25, 0.3) is 0 Å². The van der Waals surface area contributed by atoms with E-state index < -0.39 is 29.0 Å². The van der Waals surface area contributed by atoms with E-state index in [0.717, 1.165) is 43.8 Å². The van der Waals surface area contributed by atoms with E-state index in [0.29, 0.717) is 19.0 Å². The lowest BCUT2D eigenvalue weighted by atomic mass is 10.1. The van der Waals surface area contributed by atoms with Gasteiger partial charge in [-0.3, -0.25) is 4.79 Å². The quantitative estimate of drug-likeness (QED) is 0.472. The van der Waals surface area contributed by atoms with Crippen LogP contribution < -0.4 is 31.0 Å². The molecule has 1 aromatic heterocycles. The molecule has 1 saturated carbocycles. The second-order valence-electron chi connectivity index (χ2n) is 10.5. The number of carboxylic acid groups (broad SMARTS) is 1. The third-order valence-corrected chi connectivity index (χ3v) is 8.23. The lowest BCUT2D eigenvalue weighted by Gasteiger charge is -2.23. The first-order valence-electron chi connectivity index (χ1n) is 12.8. The molecule has 1 aromatic carbocycles. The van der Waals surface area contributed by atoms with Gasteiger partial charge >= 0.3 is 6.16 Å². The van der Waals surface area contributed by atoms with Crippen molar-refractivity contribution in [1.82, 2.24) is 20.5 Å². The molecule has 5 fully saturated rings. The summed E-state index contributed by atoms with van der Waals surface area (Å²) in [5, 5.41) is 18.8. The Morgan fingerprint density at radius 3 is 2.47 bits per heavy atom. The number of nitrogens with one attached hydrogen (secondary N) is 3. The van der Waals surface area contributed by atoms with Gasteiger partial charge in [-0.1, -0.05) is 0 Å². The van der Waals surface area contributed by atoms with E-state index in [4.69, 9.17) is 5.11 Å². The molecule has 9 nitrogen and oxygen atoms in total. The SMILES string of the molecule is C1CC2CNCC2N1.O=C(O)Oc1cn(C2CC2)c2c(F)c(N3CC4CCNC4C3)c(F)cc2c1=O.